The molecule has 3 heteroatoms. The van der Waals surface area contributed by atoms with Gasteiger partial charge in [0.25, 0.3) is 0 Å². The van der Waals surface area contributed by atoms with E-state index in [1.807, 2.05) is 30.5 Å². The highest BCUT2D eigenvalue weighted by atomic mass is 16.1. The van der Waals surface area contributed by atoms with Gasteiger partial charge in [0, 0.05) is 24.2 Å². The molecule has 2 heterocycles. The van der Waals surface area contributed by atoms with Gasteiger partial charge in [-0.3, -0.25) is 0 Å². The molecule has 2 aromatic rings. The number of rotatable bonds is 3. The molecule has 0 aliphatic rings. The molecule has 0 fully saturated rings. The summed E-state index contributed by atoms with van der Waals surface area (Å²) in [4.78, 5) is 17.3. The molecule has 0 amide bonds. The number of H-pyrrole nitrogens is 1. The van der Waals surface area contributed by atoms with Gasteiger partial charge in [0.1, 0.15) is 11.9 Å². The fraction of sp³-hybridized carbons (Fsp3) is 0.0909. The Labute approximate surface area is 81.5 Å². The van der Waals surface area contributed by atoms with Gasteiger partial charge in [-0.2, -0.15) is 0 Å². The van der Waals surface area contributed by atoms with Crippen LogP contribution in [0.25, 0.3) is 17.1 Å². The first kappa shape index (κ1) is 8.69. The molecule has 0 saturated heterocycles. The van der Waals surface area contributed by atoms with Crippen molar-refractivity contribution in [2.45, 2.75) is 6.42 Å². The summed E-state index contributed by atoms with van der Waals surface area (Å²) in [6.45, 7) is 0. The van der Waals surface area contributed by atoms with Crippen molar-refractivity contribution in [1.29, 1.82) is 0 Å². The first-order valence-electron chi connectivity index (χ1n) is 4.44. The third-order valence-electron chi connectivity index (χ3n) is 2.02. The van der Waals surface area contributed by atoms with E-state index in [0.717, 1.165) is 22.9 Å². The average molecular weight is 186 g/mol. The van der Waals surface area contributed by atoms with Gasteiger partial charge in [-0.15, -0.1) is 0 Å². The van der Waals surface area contributed by atoms with Crippen LogP contribution in [-0.2, 0) is 4.79 Å². The van der Waals surface area contributed by atoms with Crippen LogP contribution in [0.15, 0.2) is 30.6 Å². The molecule has 0 spiro atoms. The maximum Gasteiger partial charge on any atom is 0.137 e. The van der Waals surface area contributed by atoms with Crippen LogP contribution in [0.3, 0.4) is 0 Å². The molecule has 3 nitrogen and oxygen atoms in total. The Morgan fingerprint density at radius 2 is 2.36 bits per heavy atom. The number of aromatic nitrogens is 2. The SMILES string of the molecule is O=CCC=Cc1ccnc2[nH]ccc12. The fourth-order valence-corrected chi connectivity index (χ4v) is 1.38. The van der Waals surface area contributed by atoms with E-state index in [0.29, 0.717) is 6.42 Å². The van der Waals surface area contributed by atoms with Crippen LogP contribution in [-0.4, -0.2) is 16.3 Å². The third kappa shape index (κ3) is 1.57. The van der Waals surface area contributed by atoms with Crippen molar-refractivity contribution in [2.75, 3.05) is 0 Å². The van der Waals surface area contributed by atoms with Crippen LogP contribution in [0.2, 0.25) is 0 Å². The van der Waals surface area contributed by atoms with Crippen molar-refractivity contribution in [2.24, 2.45) is 0 Å². The molecular formula is C11H10N2O. The molecule has 70 valence electrons. The Morgan fingerprint density at radius 3 is 3.21 bits per heavy atom. The number of pyridine rings is 1. The molecule has 0 unspecified atom stereocenters. The summed E-state index contributed by atoms with van der Waals surface area (Å²) in [5.41, 5.74) is 1.95. The molecule has 14 heavy (non-hydrogen) atoms. The lowest BCUT2D eigenvalue weighted by atomic mass is 10.1. The van der Waals surface area contributed by atoms with Crippen LogP contribution < -0.4 is 0 Å². The standard InChI is InChI=1S/C11H10N2O/c14-8-2-1-3-9-4-6-12-11-10(9)5-7-13-11/h1,3-8H,2H2,(H,12,13). The van der Waals surface area contributed by atoms with E-state index >= 15 is 0 Å². The van der Waals surface area contributed by atoms with Crippen LogP contribution in [0.1, 0.15) is 12.0 Å². The predicted octanol–water partition coefficient (Wildman–Crippen LogP) is 2.17. The fourth-order valence-electron chi connectivity index (χ4n) is 1.38. The van der Waals surface area contributed by atoms with Crippen molar-refractivity contribution in [3.05, 3.63) is 36.2 Å². The highest BCUT2D eigenvalue weighted by Gasteiger charge is 1.98. The van der Waals surface area contributed by atoms with E-state index < -0.39 is 0 Å². The molecule has 0 saturated carbocycles. The number of aldehydes is 1. The summed E-state index contributed by atoms with van der Waals surface area (Å²) in [6, 6.07) is 3.90. The van der Waals surface area contributed by atoms with Gasteiger partial charge in [-0.1, -0.05) is 12.2 Å². The van der Waals surface area contributed by atoms with Gasteiger partial charge >= 0.3 is 0 Å². The van der Waals surface area contributed by atoms with Crippen molar-refractivity contribution < 1.29 is 4.79 Å². The van der Waals surface area contributed by atoms with Gasteiger partial charge in [-0.05, 0) is 17.7 Å². The Hall–Kier alpha value is -1.90. The van der Waals surface area contributed by atoms with Crippen LogP contribution in [0.4, 0.5) is 0 Å². The van der Waals surface area contributed by atoms with Gasteiger partial charge in [0.2, 0.25) is 0 Å². The quantitative estimate of drug-likeness (QED) is 0.746. The summed E-state index contributed by atoms with van der Waals surface area (Å²) < 4.78 is 0. The molecule has 1 N–H and O–H groups in total. The Morgan fingerprint density at radius 1 is 1.43 bits per heavy atom. The average Bonchev–Trinajstić information content (AvgIpc) is 2.67. The van der Waals surface area contributed by atoms with Crippen LogP contribution >= 0.6 is 0 Å². The van der Waals surface area contributed by atoms with E-state index in [-0.39, 0.29) is 0 Å². The first-order valence-corrected chi connectivity index (χ1v) is 4.44. The molecule has 0 atom stereocenters. The summed E-state index contributed by atoms with van der Waals surface area (Å²) in [6.07, 6.45) is 8.72. The number of carbonyl (C=O) groups is 1. The topological polar surface area (TPSA) is 45.8 Å². The molecule has 0 radical (unpaired) electrons. The largest absolute Gasteiger partial charge is 0.346 e. The van der Waals surface area contributed by atoms with Crippen LogP contribution in [0.5, 0.6) is 0 Å². The highest BCUT2D eigenvalue weighted by Crippen LogP contribution is 2.16. The zero-order valence-corrected chi connectivity index (χ0v) is 7.60. The van der Waals surface area contributed by atoms with Gasteiger partial charge in [-0.25, -0.2) is 4.98 Å². The maximum absolute atomic E-state index is 10.1. The molecule has 0 aliphatic carbocycles. The summed E-state index contributed by atoms with van der Waals surface area (Å²) in [5.74, 6) is 0. The second-order valence-electron chi connectivity index (χ2n) is 2.94. The zero-order valence-electron chi connectivity index (χ0n) is 7.60. The predicted molar refractivity (Wildman–Crippen MR) is 55.8 cm³/mol. The van der Waals surface area contributed by atoms with Gasteiger partial charge < -0.3 is 9.78 Å². The minimum Gasteiger partial charge on any atom is -0.346 e. The van der Waals surface area contributed by atoms with E-state index in [4.69, 9.17) is 0 Å². The number of fused-ring (bicyclic) bond motifs is 1. The monoisotopic (exact) mass is 186 g/mol. The number of nitrogens with zero attached hydrogens (tertiary/aromatic N) is 1. The van der Waals surface area contributed by atoms with Gasteiger partial charge in [0.05, 0.1) is 0 Å². The van der Waals surface area contributed by atoms with Crippen molar-refractivity contribution in [3.8, 4) is 0 Å². The number of hydrogen-bond acceptors (Lipinski definition) is 2. The lowest BCUT2D eigenvalue weighted by Gasteiger charge is -1.94. The zero-order chi connectivity index (χ0) is 9.80. The van der Waals surface area contributed by atoms with Crippen molar-refractivity contribution >= 4 is 23.4 Å². The van der Waals surface area contributed by atoms with E-state index in [9.17, 15) is 4.79 Å². The Bertz CT molecular complexity index is 471. The summed E-state index contributed by atoms with van der Waals surface area (Å²) >= 11 is 0. The molecule has 2 aromatic heterocycles. The smallest absolute Gasteiger partial charge is 0.137 e. The normalized spacial score (nSPS) is 11.1. The second kappa shape index (κ2) is 3.87. The number of allylic oxidation sites excluding steroid dienone is 1. The summed E-state index contributed by atoms with van der Waals surface area (Å²) in [7, 11) is 0. The molecule has 0 aliphatic heterocycles. The number of hydrogen-bond donors (Lipinski definition) is 1. The minimum atomic E-state index is 0.453. The second-order valence-corrected chi connectivity index (χ2v) is 2.94. The lowest BCUT2D eigenvalue weighted by molar-refractivity contribution is -0.107. The molecule has 2 rings (SSSR count). The molecule has 0 aromatic carbocycles. The van der Waals surface area contributed by atoms with Crippen LogP contribution in [0, 0.1) is 0 Å². The lowest BCUT2D eigenvalue weighted by Crippen LogP contribution is -1.79. The minimum absolute atomic E-state index is 0.453. The Balaban J connectivity index is 2.41. The van der Waals surface area contributed by atoms with Gasteiger partial charge in [0.15, 0.2) is 0 Å². The number of aromatic amines is 1. The van der Waals surface area contributed by atoms with E-state index in [1.165, 1.54) is 0 Å². The number of nitrogens with one attached hydrogen (secondary N) is 1. The first-order chi connectivity index (χ1) is 6.92. The Kier molecular flexibility index (Phi) is 2.40. The van der Waals surface area contributed by atoms with E-state index in [1.54, 1.807) is 6.20 Å². The van der Waals surface area contributed by atoms with Crippen molar-refractivity contribution in [3.63, 3.8) is 0 Å². The maximum atomic E-state index is 10.1. The summed E-state index contributed by atoms with van der Waals surface area (Å²) in [5, 5.41) is 1.08. The van der Waals surface area contributed by atoms with E-state index in [2.05, 4.69) is 9.97 Å². The third-order valence-corrected chi connectivity index (χ3v) is 2.02. The molecule has 0 bridgehead atoms. The highest BCUT2D eigenvalue weighted by molar-refractivity contribution is 5.85. The number of carbonyl (C=O) groups excluding carboxylic acids is 1. The molecular weight excluding hydrogens is 176 g/mol. The van der Waals surface area contributed by atoms with Crippen molar-refractivity contribution in [1.82, 2.24) is 9.97 Å².